The summed E-state index contributed by atoms with van der Waals surface area (Å²) in [7, 11) is 0. The normalized spacial score (nSPS) is 23.6. The molecule has 1 atom stereocenters. The summed E-state index contributed by atoms with van der Waals surface area (Å²) in [5.41, 5.74) is 1.20. The molecular weight excluding hydrogens is 318 g/mol. The first-order valence-electron chi connectivity index (χ1n) is 9.30. The molecule has 1 saturated heterocycles. The van der Waals surface area contributed by atoms with Crippen molar-refractivity contribution in [2.75, 3.05) is 26.3 Å². The number of hydrogen-bond acceptors (Lipinski definition) is 6. The molecule has 2 aromatic rings. The number of nitrogens with zero attached hydrogens (tertiary/aromatic N) is 3. The first-order chi connectivity index (χ1) is 12.4. The minimum Gasteiger partial charge on any atom is -0.486 e. The van der Waals surface area contributed by atoms with Crippen molar-refractivity contribution in [3.05, 3.63) is 35.5 Å². The zero-order valence-electron chi connectivity index (χ0n) is 14.3. The monoisotopic (exact) mass is 341 g/mol. The average molecular weight is 341 g/mol. The van der Waals surface area contributed by atoms with Gasteiger partial charge in [-0.25, -0.2) is 0 Å². The Morgan fingerprint density at radius 1 is 1.08 bits per heavy atom. The van der Waals surface area contributed by atoms with Gasteiger partial charge in [0.15, 0.2) is 17.3 Å². The Labute approximate surface area is 147 Å². The van der Waals surface area contributed by atoms with Gasteiger partial charge in [-0.3, -0.25) is 4.90 Å². The Kier molecular flexibility index (Phi) is 3.85. The topological polar surface area (TPSA) is 60.6 Å². The molecule has 1 unspecified atom stereocenters. The summed E-state index contributed by atoms with van der Waals surface area (Å²) in [5.74, 6) is 4.39. The summed E-state index contributed by atoms with van der Waals surface area (Å²) in [6.07, 6.45) is 4.68. The molecule has 0 amide bonds. The highest BCUT2D eigenvalue weighted by atomic mass is 16.6. The lowest BCUT2D eigenvalue weighted by Gasteiger charge is -2.32. The summed E-state index contributed by atoms with van der Waals surface area (Å²) in [4.78, 5) is 7.13. The van der Waals surface area contributed by atoms with Crippen molar-refractivity contribution in [2.24, 2.45) is 0 Å². The summed E-state index contributed by atoms with van der Waals surface area (Å²) in [5, 5.41) is 4.26. The van der Waals surface area contributed by atoms with Gasteiger partial charge in [-0.2, -0.15) is 4.98 Å². The molecule has 132 valence electrons. The van der Waals surface area contributed by atoms with Crippen LogP contribution in [0.1, 0.15) is 54.8 Å². The third-order valence-corrected chi connectivity index (χ3v) is 5.30. The van der Waals surface area contributed by atoms with Crippen LogP contribution in [0.25, 0.3) is 0 Å². The molecule has 1 aromatic carbocycles. The molecule has 6 heteroatoms. The first kappa shape index (κ1) is 15.2. The fraction of sp³-hybridized carbons (Fsp3) is 0.579. The van der Waals surface area contributed by atoms with E-state index in [2.05, 4.69) is 21.1 Å². The Morgan fingerprint density at radius 2 is 2.00 bits per heavy atom. The van der Waals surface area contributed by atoms with Gasteiger partial charge >= 0.3 is 0 Å². The number of benzene rings is 1. The molecule has 1 aliphatic carbocycles. The predicted octanol–water partition coefficient (Wildman–Crippen LogP) is 3.10. The van der Waals surface area contributed by atoms with Crippen LogP contribution in [0.2, 0.25) is 0 Å². The minimum atomic E-state index is 0.363. The summed E-state index contributed by atoms with van der Waals surface area (Å²) in [6.45, 7) is 4.18. The van der Waals surface area contributed by atoms with Gasteiger partial charge in [0.1, 0.15) is 13.2 Å². The second kappa shape index (κ2) is 6.33. The van der Waals surface area contributed by atoms with Crippen LogP contribution in [-0.4, -0.2) is 41.3 Å². The maximum atomic E-state index is 5.85. The Balaban J connectivity index is 1.29. The zero-order valence-corrected chi connectivity index (χ0v) is 14.3. The zero-order chi connectivity index (χ0) is 16.6. The number of hydrogen-bond donors (Lipinski definition) is 0. The van der Waals surface area contributed by atoms with Crippen LogP contribution in [0, 0.1) is 0 Å². The number of para-hydroxylation sites is 1. The van der Waals surface area contributed by atoms with Crippen LogP contribution < -0.4 is 9.47 Å². The van der Waals surface area contributed by atoms with Crippen LogP contribution >= 0.6 is 0 Å². The number of rotatable bonds is 4. The van der Waals surface area contributed by atoms with Crippen molar-refractivity contribution in [1.82, 2.24) is 15.0 Å². The van der Waals surface area contributed by atoms with Crippen molar-refractivity contribution in [3.8, 4) is 11.5 Å². The summed E-state index contributed by atoms with van der Waals surface area (Å²) >= 11 is 0. The van der Waals surface area contributed by atoms with Gasteiger partial charge in [0.25, 0.3) is 0 Å². The third-order valence-electron chi connectivity index (χ3n) is 5.30. The molecule has 6 nitrogen and oxygen atoms in total. The molecule has 0 radical (unpaired) electrons. The van der Waals surface area contributed by atoms with Crippen molar-refractivity contribution < 1.29 is 14.0 Å². The molecule has 25 heavy (non-hydrogen) atoms. The maximum absolute atomic E-state index is 5.85. The van der Waals surface area contributed by atoms with Crippen molar-refractivity contribution in [2.45, 2.75) is 44.1 Å². The Bertz CT molecular complexity index is 756. The molecular formula is C19H23N3O3. The molecule has 0 spiro atoms. The standard InChI is InChI=1S/C19H23N3O3/c1-3-14(17-16(5-1)23-9-10-24-17)11-22-8-2-4-15(12-22)18-20-19(25-21-18)13-6-7-13/h1,3,5,13,15H,2,4,6-12H2. The lowest BCUT2D eigenvalue weighted by Crippen LogP contribution is -2.34. The summed E-state index contributed by atoms with van der Waals surface area (Å²) in [6, 6.07) is 6.16. The molecule has 3 heterocycles. The largest absolute Gasteiger partial charge is 0.486 e. The van der Waals surface area contributed by atoms with E-state index >= 15 is 0 Å². The average Bonchev–Trinajstić information content (AvgIpc) is 3.39. The minimum absolute atomic E-state index is 0.363. The smallest absolute Gasteiger partial charge is 0.229 e. The maximum Gasteiger partial charge on any atom is 0.229 e. The van der Waals surface area contributed by atoms with E-state index < -0.39 is 0 Å². The number of piperidine rings is 1. The number of likely N-dealkylation sites (tertiary alicyclic amines) is 1. The number of fused-ring (bicyclic) bond motifs is 1. The first-order valence-corrected chi connectivity index (χ1v) is 9.30. The van der Waals surface area contributed by atoms with E-state index in [1.165, 1.54) is 18.4 Å². The Morgan fingerprint density at radius 3 is 2.92 bits per heavy atom. The predicted molar refractivity (Wildman–Crippen MR) is 91.0 cm³/mol. The molecule has 2 aliphatic heterocycles. The fourth-order valence-corrected chi connectivity index (χ4v) is 3.82. The van der Waals surface area contributed by atoms with Crippen molar-refractivity contribution >= 4 is 0 Å². The van der Waals surface area contributed by atoms with E-state index in [9.17, 15) is 0 Å². The van der Waals surface area contributed by atoms with Crippen LogP contribution in [-0.2, 0) is 6.54 Å². The quantitative estimate of drug-likeness (QED) is 0.852. The van der Waals surface area contributed by atoms with E-state index in [1.807, 2.05) is 12.1 Å². The van der Waals surface area contributed by atoms with Crippen LogP contribution in [0.15, 0.2) is 22.7 Å². The van der Waals surface area contributed by atoms with Gasteiger partial charge in [0.05, 0.1) is 0 Å². The molecule has 5 rings (SSSR count). The van der Waals surface area contributed by atoms with Crippen LogP contribution in [0.3, 0.4) is 0 Å². The van der Waals surface area contributed by atoms with Crippen LogP contribution in [0.5, 0.6) is 11.5 Å². The second-order valence-electron chi connectivity index (χ2n) is 7.28. The lowest BCUT2D eigenvalue weighted by molar-refractivity contribution is 0.161. The Hall–Kier alpha value is -2.08. The number of aromatic nitrogens is 2. The molecule has 1 saturated carbocycles. The molecule has 3 aliphatic rings. The molecule has 0 bridgehead atoms. The molecule has 1 aromatic heterocycles. The lowest BCUT2D eigenvalue weighted by atomic mass is 9.97. The fourth-order valence-electron chi connectivity index (χ4n) is 3.82. The van der Waals surface area contributed by atoms with Crippen molar-refractivity contribution in [1.29, 1.82) is 0 Å². The van der Waals surface area contributed by atoms with E-state index in [0.29, 0.717) is 25.0 Å². The van der Waals surface area contributed by atoms with Gasteiger partial charge in [0, 0.05) is 30.5 Å². The van der Waals surface area contributed by atoms with E-state index in [-0.39, 0.29) is 0 Å². The van der Waals surface area contributed by atoms with Crippen LogP contribution in [0.4, 0.5) is 0 Å². The van der Waals surface area contributed by atoms with Crippen molar-refractivity contribution in [3.63, 3.8) is 0 Å². The van der Waals surface area contributed by atoms with E-state index in [4.69, 9.17) is 14.0 Å². The molecule has 2 fully saturated rings. The van der Waals surface area contributed by atoms with Gasteiger partial charge in [-0.1, -0.05) is 17.3 Å². The highest BCUT2D eigenvalue weighted by molar-refractivity contribution is 5.47. The number of ether oxygens (including phenoxy) is 2. The SMILES string of the molecule is c1cc(CN2CCCC(c3noc(C4CC4)n3)C2)c2c(c1)OCCO2. The third kappa shape index (κ3) is 3.11. The van der Waals surface area contributed by atoms with E-state index in [1.54, 1.807) is 0 Å². The van der Waals surface area contributed by atoms with Gasteiger partial charge in [-0.15, -0.1) is 0 Å². The van der Waals surface area contributed by atoms with Gasteiger partial charge in [-0.05, 0) is 38.3 Å². The second-order valence-corrected chi connectivity index (χ2v) is 7.28. The van der Waals surface area contributed by atoms with Gasteiger partial charge in [0.2, 0.25) is 5.89 Å². The summed E-state index contributed by atoms with van der Waals surface area (Å²) < 4.78 is 17.0. The molecule has 0 N–H and O–H groups in total. The van der Waals surface area contributed by atoms with Gasteiger partial charge < -0.3 is 14.0 Å². The van der Waals surface area contributed by atoms with E-state index in [0.717, 1.165) is 55.7 Å². The highest BCUT2D eigenvalue weighted by Gasteiger charge is 2.32. The highest BCUT2D eigenvalue weighted by Crippen LogP contribution is 2.40.